The van der Waals surface area contributed by atoms with Gasteiger partial charge in [-0.3, -0.25) is 4.79 Å². The van der Waals surface area contributed by atoms with E-state index in [-0.39, 0.29) is 6.61 Å². The van der Waals surface area contributed by atoms with Crippen molar-refractivity contribution in [3.63, 3.8) is 0 Å². The van der Waals surface area contributed by atoms with Crippen LogP contribution in [0.15, 0.2) is 18.2 Å². The molecule has 0 saturated heterocycles. The fourth-order valence-electron chi connectivity index (χ4n) is 1.65. The maximum atomic E-state index is 11.1. The van der Waals surface area contributed by atoms with E-state index in [0.29, 0.717) is 11.1 Å². The smallest absolute Gasteiger partial charge is 0.249 e. The van der Waals surface area contributed by atoms with Crippen LogP contribution < -0.4 is 5.73 Å². The lowest BCUT2D eigenvalue weighted by Crippen LogP contribution is -2.15. The Kier molecular flexibility index (Phi) is 4.31. The number of rotatable bonds is 5. The molecule has 0 atom stereocenters. The maximum Gasteiger partial charge on any atom is 0.249 e. The summed E-state index contributed by atoms with van der Waals surface area (Å²) in [6.45, 7) is 1.98. The maximum absolute atomic E-state index is 11.1. The lowest BCUT2D eigenvalue weighted by atomic mass is 9.97. The van der Waals surface area contributed by atoms with Gasteiger partial charge in [0.25, 0.3) is 0 Å². The van der Waals surface area contributed by atoms with E-state index in [1.54, 1.807) is 6.07 Å². The minimum absolute atomic E-state index is 0.127. The van der Waals surface area contributed by atoms with Gasteiger partial charge in [0, 0.05) is 5.56 Å². The number of primary amides is 1. The Morgan fingerprint density at radius 1 is 1.47 bits per heavy atom. The molecule has 15 heavy (non-hydrogen) atoms. The summed E-state index contributed by atoms with van der Waals surface area (Å²) in [5.41, 5.74) is 7.38. The lowest BCUT2D eigenvalue weighted by Gasteiger charge is -2.10. The van der Waals surface area contributed by atoms with E-state index < -0.39 is 5.91 Å². The van der Waals surface area contributed by atoms with E-state index in [9.17, 15) is 9.90 Å². The average Bonchev–Trinajstić information content (AvgIpc) is 2.25. The van der Waals surface area contributed by atoms with Gasteiger partial charge in [0.05, 0.1) is 6.61 Å². The Morgan fingerprint density at radius 3 is 2.73 bits per heavy atom. The van der Waals surface area contributed by atoms with Gasteiger partial charge in [-0.05, 0) is 30.0 Å². The first kappa shape index (κ1) is 11.7. The second-order valence-electron chi connectivity index (χ2n) is 3.57. The first-order valence-electron chi connectivity index (χ1n) is 5.22. The molecule has 0 saturated carbocycles. The van der Waals surface area contributed by atoms with E-state index in [1.807, 2.05) is 12.1 Å². The van der Waals surface area contributed by atoms with E-state index in [2.05, 4.69) is 6.92 Å². The molecular weight excluding hydrogens is 190 g/mol. The molecule has 0 aliphatic rings. The zero-order chi connectivity index (χ0) is 11.3. The number of benzene rings is 1. The van der Waals surface area contributed by atoms with Gasteiger partial charge in [-0.1, -0.05) is 25.5 Å². The normalized spacial score (nSPS) is 10.3. The first-order valence-corrected chi connectivity index (χ1v) is 5.22. The predicted octanol–water partition coefficient (Wildman–Crippen LogP) is 1.62. The van der Waals surface area contributed by atoms with Gasteiger partial charge >= 0.3 is 0 Å². The molecule has 82 valence electrons. The van der Waals surface area contributed by atoms with Gasteiger partial charge < -0.3 is 10.8 Å². The van der Waals surface area contributed by atoms with Crippen LogP contribution in [0, 0.1) is 0 Å². The summed E-state index contributed by atoms with van der Waals surface area (Å²) in [4.78, 5) is 11.1. The SMILES string of the molecule is CCCCc1cccc(C(N)=O)c1CO. The van der Waals surface area contributed by atoms with Crippen molar-refractivity contribution in [3.05, 3.63) is 34.9 Å². The summed E-state index contributed by atoms with van der Waals surface area (Å²) in [6, 6.07) is 5.40. The highest BCUT2D eigenvalue weighted by Crippen LogP contribution is 2.17. The molecule has 0 spiro atoms. The summed E-state index contributed by atoms with van der Waals surface area (Å²) in [5.74, 6) is -0.475. The van der Waals surface area contributed by atoms with Gasteiger partial charge in [-0.25, -0.2) is 0 Å². The molecule has 3 heteroatoms. The molecule has 0 aromatic heterocycles. The van der Waals surface area contributed by atoms with Crippen molar-refractivity contribution in [1.29, 1.82) is 0 Å². The number of unbranched alkanes of at least 4 members (excludes halogenated alkanes) is 1. The largest absolute Gasteiger partial charge is 0.392 e. The van der Waals surface area contributed by atoms with Crippen LogP contribution in [0.5, 0.6) is 0 Å². The van der Waals surface area contributed by atoms with Crippen molar-refractivity contribution in [2.75, 3.05) is 0 Å². The molecular formula is C12H17NO2. The van der Waals surface area contributed by atoms with Crippen molar-refractivity contribution in [2.24, 2.45) is 5.73 Å². The van der Waals surface area contributed by atoms with Gasteiger partial charge in [-0.2, -0.15) is 0 Å². The van der Waals surface area contributed by atoms with E-state index in [0.717, 1.165) is 24.8 Å². The van der Waals surface area contributed by atoms with Gasteiger partial charge in [0.1, 0.15) is 0 Å². The number of aliphatic hydroxyl groups excluding tert-OH is 1. The zero-order valence-corrected chi connectivity index (χ0v) is 8.99. The van der Waals surface area contributed by atoms with Crippen LogP contribution >= 0.6 is 0 Å². The standard InChI is InChI=1S/C12H17NO2/c1-2-3-5-9-6-4-7-10(12(13)15)11(9)8-14/h4,6-7,14H,2-3,5,8H2,1H3,(H2,13,15). The highest BCUT2D eigenvalue weighted by atomic mass is 16.3. The van der Waals surface area contributed by atoms with Crippen LogP contribution in [-0.2, 0) is 13.0 Å². The molecule has 1 rings (SSSR count). The highest BCUT2D eigenvalue weighted by Gasteiger charge is 2.10. The second kappa shape index (κ2) is 5.51. The monoisotopic (exact) mass is 207 g/mol. The van der Waals surface area contributed by atoms with E-state index in [1.165, 1.54) is 0 Å². The van der Waals surface area contributed by atoms with Crippen molar-refractivity contribution in [3.8, 4) is 0 Å². The number of amides is 1. The molecule has 1 aromatic carbocycles. The number of carbonyl (C=O) groups excluding carboxylic acids is 1. The number of aryl methyl sites for hydroxylation is 1. The highest BCUT2D eigenvalue weighted by molar-refractivity contribution is 5.94. The lowest BCUT2D eigenvalue weighted by molar-refractivity contribution is 0.0997. The number of aliphatic hydroxyl groups is 1. The third-order valence-corrected chi connectivity index (χ3v) is 2.50. The molecule has 3 nitrogen and oxygen atoms in total. The summed E-state index contributed by atoms with van der Waals surface area (Å²) >= 11 is 0. The van der Waals surface area contributed by atoms with Crippen molar-refractivity contribution < 1.29 is 9.90 Å². The van der Waals surface area contributed by atoms with Crippen LogP contribution in [0.4, 0.5) is 0 Å². The van der Waals surface area contributed by atoms with Crippen LogP contribution in [0.2, 0.25) is 0 Å². The topological polar surface area (TPSA) is 63.3 Å². The number of hydrogen-bond donors (Lipinski definition) is 2. The molecule has 0 bridgehead atoms. The molecule has 0 aliphatic heterocycles. The Bertz CT molecular complexity index is 347. The zero-order valence-electron chi connectivity index (χ0n) is 8.99. The number of carbonyl (C=O) groups is 1. The Hall–Kier alpha value is -1.35. The van der Waals surface area contributed by atoms with Crippen molar-refractivity contribution in [1.82, 2.24) is 0 Å². The number of nitrogens with two attached hydrogens (primary N) is 1. The van der Waals surface area contributed by atoms with Crippen LogP contribution in [0.3, 0.4) is 0 Å². The summed E-state index contributed by atoms with van der Waals surface area (Å²) < 4.78 is 0. The van der Waals surface area contributed by atoms with Gasteiger partial charge in [0.2, 0.25) is 5.91 Å². The molecule has 0 heterocycles. The fraction of sp³-hybridized carbons (Fsp3) is 0.417. The second-order valence-corrected chi connectivity index (χ2v) is 3.57. The Labute approximate surface area is 89.9 Å². The molecule has 0 aliphatic carbocycles. The van der Waals surface area contributed by atoms with Crippen LogP contribution in [0.1, 0.15) is 41.3 Å². The third kappa shape index (κ3) is 2.80. The molecule has 1 amide bonds. The van der Waals surface area contributed by atoms with Crippen molar-refractivity contribution >= 4 is 5.91 Å². The first-order chi connectivity index (χ1) is 7.20. The molecule has 1 aromatic rings. The number of hydrogen-bond acceptors (Lipinski definition) is 2. The van der Waals surface area contributed by atoms with Crippen molar-refractivity contribution in [2.45, 2.75) is 32.8 Å². The Balaban J connectivity index is 3.04. The third-order valence-electron chi connectivity index (χ3n) is 2.50. The van der Waals surface area contributed by atoms with Gasteiger partial charge in [-0.15, -0.1) is 0 Å². The fourth-order valence-corrected chi connectivity index (χ4v) is 1.65. The van der Waals surface area contributed by atoms with Gasteiger partial charge in [0.15, 0.2) is 0 Å². The minimum atomic E-state index is -0.475. The molecule has 0 radical (unpaired) electrons. The van der Waals surface area contributed by atoms with Crippen LogP contribution in [0.25, 0.3) is 0 Å². The van der Waals surface area contributed by atoms with Crippen LogP contribution in [-0.4, -0.2) is 11.0 Å². The molecule has 0 unspecified atom stereocenters. The summed E-state index contributed by atoms with van der Waals surface area (Å²) in [5, 5.41) is 9.24. The Morgan fingerprint density at radius 2 is 2.20 bits per heavy atom. The van der Waals surface area contributed by atoms with E-state index in [4.69, 9.17) is 5.73 Å². The average molecular weight is 207 g/mol. The molecule has 3 N–H and O–H groups in total. The van der Waals surface area contributed by atoms with E-state index >= 15 is 0 Å². The predicted molar refractivity (Wildman–Crippen MR) is 59.5 cm³/mol. The summed E-state index contributed by atoms with van der Waals surface area (Å²) in [7, 11) is 0. The summed E-state index contributed by atoms with van der Waals surface area (Å²) in [6.07, 6.45) is 3.02. The minimum Gasteiger partial charge on any atom is -0.392 e. The molecule has 0 fully saturated rings. The quantitative estimate of drug-likeness (QED) is 0.770.